The third-order valence-electron chi connectivity index (χ3n) is 3.56. The largest absolute Gasteiger partial charge is 0.490 e. The molecule has 0 radical (unpaired) electrons. The van der Waals surface area contributed by atoms with Gasteiger partial charge in [0, 0.05) is 20.3 Å². The van der Waals surface area contributed by atoms with Crippen LogP contribution in [0.2, 0.25) is 0 Å². The summed E-state index contributed by atoms with van der Waals surface area (Å²) in [7, 11) is 3.29. The maximum absolute atomic E-state index is 5.78. The molecule has 10 heteroatoms. The molecule has 30 heavy (non-hydrogen) atoms. The summed E-state index contributed by atoms with van der Waals surface area (Å²) in [4.78, 5) is 0. The van der Waals surface area contributed by atoms with Crippen molar-refractivity contribution in [2.75, 3.05) is 93.5 Å². The Morgan fingerprint density at radius 3 is 1.20 bits per heavy atom. The molecule has 0 amide bonds. The normalized spacial score (nSPS) is 11.1. The Kier molecular flexibility index (Phi) is 17.7. The molecule has 1 aromatic rings. The van der Waals surface area contributed by atoms with Crippen LogP contribution in [0.15, 0.2) is 21.1 Å². The first kappa shape index (κ1) is 27.6. The minimum absolute atomic E-state index is 0.421. The minimum Gasteiger partial charge on any atom is -0.490 e. The van der Waals surface area contributed by atoms with E-state index in [0.29, 0.717) is 90.8 Å². The van der Waals surface area contributed by atoms with E-state index >= 15 is 0 Å². The van der Waals surface area contributed by atoms with Crippen LogP contribution in [0, 0.1) is 0 Å². The molecule has 8 nitrogen and oxygen atoms in total. The summed E-state index contributed by atoms with van der Waals surface area (Å²) in [5.74, 6) is 1.36. The molecule has 0 bridgehead atoms. The van der Waals surface area contributed by atoms with E-state index < -0.39 is 0 Å². The molecule has 0 unspecified atom stereocenters. The maximum atomic E-state index is 5.78. The summed E-state index contributed by atoms with van der Waals surface area (Å²) >= 11 is 6.99. The van der Waals surface area contributed by atoms with E-state index in [0.717, 1.165) is 8.95 Å². The fourth-order valence-corrected chi connectivity index (χ4v) is 3.30. The van der Waals surface area contributed by atoms with Crippen LogP contribution in [-0.2, 0) is 28.4 Å². The molecular formula is C20H32Br2O8. The SMILES string of the molecule is COCCOCCOCCOc1cc(OCCOCCOCCOC)c(Br)cc1Br. The van der Waals surface area contributed by atoms with Crippen molar-refractivity contribution >= 4 is 31.9 Å². The van der Waals surface area contributed by atoms with Crippen LogP contribution in [0.3, 0.4) is 0 Å². The zero-order chi connectivity index (χ0) is 21.9. The molecular weight excluding hydrogens is 528 g/mol. The molecule has 174 valence electrons. The van der Waals surface area contributed by atoms with Crippen molar-refractivity contribution in [2.45, 2.75) is 0 Å². The lowest BCUT2D eigenvalue weighted by Gasteiger charge is -2.13. The summed E-state index contributed by atoms with van der Waals surface area (Å²) in [5.41, 5.74) is 0. The van der Waals surface area contributed by atoms with E-state index in [1.165, 1.54) is 0 Å². The van der Waals surface area contributed by atoms with Gasteiger partial charge in [-0.3, -0.25) is 0 Å². The summed E-state index contributed by atoms with van der Waals surface area (Å²) in [5, 5.41) is 0. The lowest BCUT2D eigenvalue weighted by molar-refractivity contribution is 0.0174. The predicted octanol–water partition coefficient (Wildman–Crippen LogP) is 3.33. The number of benzene rings is 1. The van der Waals surface area contributed by atoms with Gasteiger partial charge in [-0.05, 0) is 37.9 Å². The lowest BCUT2D eigenvalue weighted by Crippen LogP contribution is -2.13. The maximum Gasteiger partial charge on any atom is 0.137 e. The molecule has 0 spiro atoms. The standard InChI is InChI=1S/C20H32Br2O8/c1-23-3-5-25-7-9-27-11-13-29-19-16-20(18(22)15-17(19)21)30-14-12-28-10-8-26-6-4-24-2/h15-16H,3-14H2,1-2H3. The lowest BCUT2D eigenvalue weighted by atomic mass is 10.3. The van der Waals surface area contributed by atoms with E-state index in [4.69, 9.17) is 37.9 Å². The minimum atomic E-state index is 0.421. The quantitative estimate of drug-likeness (QED) is 0.225. The Bertz CT molecular complexity index is 505. The summed E-state index contributed by atoms with van der Waals surface area (Å²) < 4.78 is 44.6. The molecule has 0 aliphatic heterocycles. The highest BCUT2D eigenvalue weighted by Gasteiger charge is 2.09. The molecule has 0 saturated carbocycles. The van der Waals surface area contributed by atoms with Crippen molar-refractivity contribution in [3.05, 3.63) is 21.1 Å². The highest BCUT2D eigenvalue weighted by atomic mass is 79.9. The number of rotatable bonds is 20. The first-order valence-electron chi connectivity index (χ1n) is 9.72. The van der Waals surface area contributed by atoms with Crippen LogP contribution in [0.5, 0.6) is 11.5 Å². The van der Waals surface area contributed by atoms with E-state index in [9.17, 15) is 0 Å². The van der Waals surface area contributed by atoms with Crippen LogP contribution in [0.4, 0.5) is 0 Å². The van der Waals surface area contributed by atoms with Gasteiger partial charge in [-0.25, -0.2) is 0 Å². The molecule has 0 aliphatic carbocycles. The topological polar surface area (TPSA) is 73.8 Å². The third-order valence-corrected chi connectivity index (χ3v) is 4.80. The second-order valence-corrected chi connectivity index (χ2v) is 7.55. The van der Waals surface area contributed by atoms with Gasteiger partial charge in [0.25, 0.3) is 0 Å². The first-order chi connectivity index (χ1) is 14.7. The number of ether oxygens (including phenoxy) is 8. The molecule has 0 atom stereocenters. The van der Waals surface area contributed by atoms with Gasteiger partial charge in [-0.15, -0.1) is 0 Å². The summed E-state index contributed by atoms with van der Waals surface area (Å²) in [6.07, 6.45) is 0. The van der Waals surface area contributed by atoms with Crippen molar-refractivity contribution in [3.8, 4) is 11.5 Å². The smallest absolute Gasteiger partial charge is 0.137 e. The molecule has 0 heterocycles. The molecule has 0 aromatic heterocycles. The van der Waals surface area contributed by atoms with Crippen molar-refractivity contribution in [2.24, 2.45) is 0 Å². The van der Waals surface area contributed by atoms with Crippen LogP contribution >= 0.6 is 31.9 Å². The third kappa shape index (κ3) is 13.8. The molecule has 0 saturated heterocycles. The van der Waals surface area contributed by atoms with E-state index in [1.807, 2.05) is 12.1 Å². The zero-order valence-electron chi connectivity index (χ0n) is 17.7. The molecule has 1 rings (SSSR count). The van der Waals surface area contributed by atoms with Crippen molar-refractivity contribution in [1.29, 1.82) is 0 Å². The number of hydrogen-bond donors (Lipinski definition) is 0. The zero-order valence-corrected chi connectivity index (χ0v) is 20.8. The number of halogens is 2. The Morgan fingerprint density at radius 1 is 0.500 bits per heavy atom. The summed E-state index contributed by atoms with van der Waals surface area (Å²) in [6, 6.07) is 3.72. The molecule has 0 fully saturated rings. The fourth-order valence-electron chi connectivity index (χ4n) is 2.08. The first-order valence-corrected chi connectivity index (χ1v) is 11.3. The van der Waals surface area contributed by atoms with Gasteiger partial charge in [-0.1, -0.05) is 0 Å². The Labute approximate surface area is 195 Å². The Hall–Kier alpha value is -0.460. The van der Waals surface area contributed by atoms with Gasteiger partial charge in [0.1, 0.15) is 24.7 Å². The Balaban J connectivity index is 2.19. The second kappa shape index (κ2) is 19.2. The molecule has 0 aliphatic rings. The van der Waals surface area contributed by atoms with Crippen LogP contribution < -0.4 is 9.47 Å². The highest BCUT2D eigenvalue weighted by Crippen LogP contribution is 2.36. The van der Waals surface area contributed by atoms with Gasteiger partial charge in [-0.2, -0.15) is 0 Å². The van der Waals surface area contributed by atoms with Gasteiger partial charge in [0.05, 0.1) is 75.0 Å². The average Bonchev–Trinajstić information content (AvgIpc) is 2.73. The van der Waals surface area contributed by atoms with Gasteiger partial charge in [0.15, 0.2) is 0 Å². The van der Waals surface area contributed by atoms with Gasteiger partial charge >= 0.3 is 0 Å². The van der Waals surface area contributed by atoms with E-state index in [-0.39, 0.29) is 0 Å². The molecule has 1 aromatic carbocycles. The highest BCUT2D eigenvalue weighted by molar-refractivity contribution is 9.11. The number of hydrogen-bond acceptors (Lipinski definition) is 8. The van der Waals surface area contributed by atoms with E-state index in [2.05, 4.69) is 31.9 Å². The molecule has 0 N–H and O–H groups in total. The second-order valence-electron chi connectivity index (χ2n) is 5.85. The van der Waals surface area contributed by atoms with Gasteiger partial charge in [0.2, 0.25) is 0 Å². The van der Waals surface area contributed by atoms with Crippen LogP contribution in [0.25, 0.3) is 0 Å². The monoisotopic (exact) mass is 558 g/mol. The van der Waals surface area contributed by atoms with Crippen LogP contribution in [0.1, 0.15) is 0 Å². The summed E-state index contributed by atoms with van der Waals surface area (Å²) in [6.45, 7) is 6.17. The van der Waals surface area contributed by atoms with Crippen LogP contribution in [-0.4, -0.2) is 93.5 Å². The van der Waals surface area contributed by atoms with E-state index in [1.54, 1.807) is 14.2 Å². The number of methoxy groups -OCH3 is 2. The van der Waals surface area contributed by atoms with Crippen molar-refractivity contribution in [3.63, 3.8) is 0 Å². The van der Waals surface area contributed by atoms with Crippen molar-refractivity contribution < 1.29 is 37.9 Å². The van der Waals surface area contributed by atoms with Crippen molar-refractivity contribution in [1.82, 2.24) is 0 Å². The predicted molar refractivity (Wildman–Crippen MR) is 120 cm³/mol. The fraction of sp³-hybridized carbons (Fsp3) is 0.700. The average molecular weight is 560 g/mol. The Morgan fingerprint density at radius 2 is 0.833 bits per heavy atom. The van der Waals surface area contributed by atoms with Gasteiger partial charge < -0.3 is 37.9 Å².